The van der Waals surface area contributed by atoms with Gasteiger partial charge in [0.2, 0.25) is 0 Å². The van der Waals surface area contributed by atoms with Crippen molar-refractivity contribution in [2.75, 3.05) is 6.54 Å². The quantitative estimate of drug-likeness (QED) is 0.799. The van der Waals surface area contributed by atoms with Crippen LogP contribution in [0.2, 0.25) is 0 Å². The summed E-state index contributed by atoms with van der Waals surface area (Å²) in [6, 6.07) is 2.23. The van der Waals surface area contributed by atoms with Crippen LogP contribution in [-0.4, -0.2) is 16.3 Å². The van der Waals surface area contributed by atoms with Gasteiger partial charge in [0, 0.05) is 13.1 Å². The highest BCUT2D eigenvalue weighted by Gasteiger charge is 2.16. The van der Waals surface area contributed by atoms with Crippen molar-refractivity contribution in [2.45, 2.75) is 52.6 Å². The molecule has 0 aliphatic heterocycles. The van der Waals surface area contributed by atoms with Crippen molar-refractivity contribution in [1.82, 2.24) is 15.1 Å². The lowest BCUT2D eigenvalue weighted by Gasteiger charge is -2.25. The number of aromatic nitrogens is 2. The maximum absolute atomic E-state index is 4.56. The van der Waals surface area contributed by atoms with Gasteiger partial charge in [-0.3, -0.25) is 4.68 Å². The molecule has 0 unspecified atom stereocenters. The minimum atomic E-state index is 0.934. The average molecular weight is 221 g/mol. The zero-order valence-corrected chi connectivity index (χ0v) is 10.5. The third-order valence-corrected chi connectivity index (χ3v) is 3.54. The molecule has 0 radical (unpaired) electrons. The second-order valence-corrected chi connectivity index (χ2v) is 4.72. The summed E-state index contributed by atoms with van der Waals surface area (Å²) >= 11 is 0. The van der Waals surface area contributed by atoms with Gasteiger partial charge in [0.1, 0.15) is 0 Å². The maximum Gasteiger partial charge on any atom is 0.0625 e. The smallest absolute Gasteiger partial charge is 0.0625 e. The molecule has 1 heterocycles. The van der Waals surface area contributed by atoms with Crippen molar-refractivity contribution >= 4 is 0 Å². The van der Waals surface area contributed by atoms with Crippen molar-refractivity contribution in [2.24, 2.45) is 5.92 Å². The summed E-state index contributed by atoms with van der Waals surface area (Å²) in [6.45, 7) is 7.43. The maximum atomic E-state index is 4.56. The zero-order chi connectivity index (χ0) is 11.4. The van der Waals surface area contributed by atoms with Gasteiger partial charge in [0.05, 0.1) is 11.4 Å². The van der Waals surface area contributed by atoms with Crippen LogP contribution in [-0.2, 0) is 19.5 Å². The monoisotopic (exact) mass is 221 g/mol. The van der Waals surface area contributed by atoms with Crippen LogP contribution >= 0.6 is 0 Å². The van der Waals surface area contributed by atoms with Gasteiger partial charge < -0.3 is 5.32 Å². The largest absolute Gasteiger partial charge is 0.311 e. The van der Waals surface area contributed by atoms with E-state index in [1.807, 2.05) is 0 Å². The van der Waals surface area contributed by atoms with E-state index in [1.165, 1.54) is 37.2 Å². The molecule has 1 fully saturated rings. The predicted molar refractivity (Wildman–Crippen MR) is 66.3 cm³/mol. The molecule has 16 heavy (non-hydrogen) atoms. The second-order valence-electron chi connectivity index (χ2n) is 4.72. The zero-order valence-electron chi connectivity index (χ0n) is 10.5. The van der Waals surface area contributed by atoms with Crippen LogP contribution in [0.25, 0.3) is 0 Å². The van der Waals surface area contributed by atoms with E-state index in [1.54, 1.807) is 0 Å². The van der Waals surface area contributed by atoms with Crippen LogP contribution in [0.4, 0.5) is 0 Å². The first-order valence-corrected chi connectivity index (χ1v) is 6.59. The summed E-state index contributed by atoms with van der Waals surface area (Å²) < 4.78 is 2.12. The van der Waals surface area contributed by atoms with E-state index in [-0.39, 0.29) is 0 Å². The van der Waals surface area contributed by atoms with Gasteiger partial charge in [0.25, 0.3) is 0 Å². The van der Waals surface area contributed by atoms with Crippen molar-refractivity contribution < 1.29 is 0 Å². The first-order valence-electron chi connectivity index (χ1n) is 6.59. The fourth-order valence-corrected chi connectivity index (χ4v) is 2.21. The highest BCUT2D eigenvalue weighted by atomic mass is 15.3. The Morgan fingerprint density at radius 3 is 2.81 bits per heavy atom. The Kier molecular flexibility index (Phi) is 3.99. The Bertz CT molecular complexity index is 326. The highest BCUT2D eigenvalue weighted by Crippen LogP contribution is 2.25. The molecule has 1 aromatic heterocycles. The van der Waals surface area contributed by atoms with Gasteiger partial charge in [-0.05, 0) is 44.7 Å². The third kappa shape index (κ3) is 2.64. The average Bonchev–Trinajstić information content (AvgIpc) is 2.64. The molecule has 0 saturated heterocycles. The van der Waals surface area contributed by atoms with Gasteiger partial charge >= 0.3 is 0 Å². The number of aryl methyl sites for hydroxylation is 2. The van der Waals surface area contributed by atoms with E-state index in [0.29, 0.717) is 0 Å². The van der Waals surface area contributed by atoms with Crippen LogP contribution in [0.1, 0.15) is 44.5 Å². The summed E-state index contributed by atoms with van der Waals surface area (Å²) in [6.07, 6.45) is 5.29. The fraction of sp³-hybridized carbons (Fsp3) is 0.769. The van der Waals surface area contributed by atoms with Crippen molar-refractivity contribution in [3.05, 3.63) is 17.5 Å². The van der Waals surface area contributed by atoms with Crippen molar-refractivity contribution in [3.63, 3.8) is 0 Å². The number of nitrogens with one attached hydrogen (secondary N) is 1. The lowest BCUT2D eigenvalue weighted by molar-refractivity contribution is 0.300. The third-order valence-electron chi connectivity index (χ3n) is 3.54. The molecule has 1 N–H and O–H groups in total. The van der Waals surface area contributed by atoms with E-state index in [9.17, 15) is 0 Å². The molecule has 0 atom stereocenters. The van der Waals surface area contributed by atoms with Crippen LogP contribution in [0.5, 0.6) is 0 Å². The van der Waals surface area contributed by atoms with E-state index < -0.39 is 0 Å². The van der Waals surface area contributed by atoms with E-state index in [2.05, 4.69) is 35.0 Å². The molecule has 1 aliphatic rings. The van der Waals surface area contributed by atoms with Crippen molar-refractivity contribution in [1.29, 1.82) is 0 Å². The van der Waals surface area contributed by atoms with Crippen LogP contribution in [0, 0.1) is 5.92 Å². The minimum absolute atomic E-state index is 0.934. The number of hydrogen-bond acceptors (Lipinski definition) is 2. The Morgan fingerprint density at radius 2 is 2.25 bits per heavy atom. The molecule has 0 spiro atoms. The van der Waals surface area contributed by atoms with Gasteiger partial charge in [-0.15, -0.1) is 0 Å². The molecule has 0 amide bonds. The summed E-state index contributed by atoms with van der Waals surface area (Å²) in [5.41, 5.74) is 2.54. The lowest BCUT2D eigenvalue weighted by atomic mass is 9.85. The molecule has 1 aromatic rings. The number of nitrogens with zero attached hydrogens (tertiary/aromatic N) is 2. The van der Waals surface area contributed by atoms with E-state index in [0.717, 1.165) is 25.4 Å². The molecule has 1 aliphatic carbocycles. The fourth-order valence-electron chi connectivity index (χ4n) is 2.21. The molecule has 0 aromatic carbocycles. The number of hydrogen-bond donors (Lipinski definition) is 1. The Morgan fingerprint density at radius 1 is 1.44 bits per heavy atom. The lowest BCUT2D eigenvalue weighted by Crippen LogP contribution is -2.27. The van der Waals surface area contributed by atoms with Gasteiger partial charge in [-0.1, -0.05) is 13.3 Å². The Balaban J connectivity index is 1.84. The topological polar surface area (TPSA) is 29.9 Å². The Hall–Kier alpha value is -0.830. The summed E-state index contributed by atoms with van der Waals surface area (Å²) in [5.74, 6) is 0.934. The molecule has 1 saturated carbocycles. The second kappa shape index (κ2) is 5.48. The molecule has 3 nitrogen and oxygen atoms in total. The first kappa shape index (κ1) is 11.6. The number of rotatable bonds is 6. The molecular formula is C13H23N3. The molecule has 90 valence electrons. The first-order chi connectivity index (χ1) is 7.83. The molecular weight excluding hydrogens is 198 g/mol. The van der Waals surface area contributed by atoms with Gasteiger partial charge in [0.15, 0.2) is 0 Å². The molecule has 0 bridgehead atoms. The molecule has 2 rings (SSSR count). The minimum Gasteiger partial charge on any atom is -0.311 e. The predicted octanol–water partition coefficient (Wildman–Crippen LogP) is 2.36. The van der Waals surface area contributed by atoms with Crippen LogP contribution in [0.15, 0.2) is 6.07 Å². The summed E-state index contributed by atoms with van der Waals surface area (Å²) in [4.78, 5) is 0. The van der Waals surface area contributed by atoms with Gasteiger partial charge in [-0.2, -0.15) is 5.10 Å². The summed E-state index contributed by atoms with van der Waals surface area (Å²) in [5, 5.41) is 8.11. The van der Waals surface area contributed by atoms with Crippen LogP contribution in [0.3, 0.4) is 0 Å². The SMILES string of the molecule is CCc1cc(CNCC2CCC2)n(CC)n1. The van der Waals surface area contributed by atoms with Crippen LogP contribution < -0.4 is 5.32 Å². The normalized spacial score (nSPS) is 16.4. The molecule has 3 heteroatoms. The van der Waals surface area contributed by atoms with Gasteiger partial charge in [-0.25, -0.2) is 0 Å². The highest BCUT2D eigenvalue weighted by molar-refractivity contribution is 5.10. The summed E-state index contributed by atoms with van der Waals surface area (Å²) in [7, 11) is 0. The Labute approximate surface area is 98.2 Å². The standard InChI is InChI=1S/C13H23N3/c1-3-12-8-13(16(4-2)15-12)10-14-9-11-6-5-7-11/h8,11,14H,3-7,9-10H2,1-2H3. The van der Waals surface area contributed by atoms with Crippen molar-refractivity contribution in [3.8, 4) is 0 Å². The van der Waals surface area contributed by atoms with E-state index in [4.69, 9.17) is 0 Å². The van der Waals surface area contributed by atoms with E-state index >= 15 is 0 Å².